The van der Waals surface area contributed by atoms with Gasteiger partial charge in [0.15, 0.2) is 9.90 Å². The maximum atomic E-state index is 12.5. The van der Waals surface area contributed by atoms with Crippen molar-refractivity contribution in [2.24, 2.45) is 11.8 Å². The van der Waals surface area contributed by atoms with Gasteiger partial charge < -0.3 is 5.11 Å². The highest BCUT2D eigenvalue weighted by atomic mass is 32.2. The molecule has 112 valence electrons. The van der Waals surface area contributed by atoms with Gasteiger partial charge in [-0.25, -0.2) is 18.2 Å². The average Bonchev–Trinajstić information content (AvgIpc) is 2.89. The van der Waals surface area contributed by atoms with Gasteiger partial charge in [-0.1, -0.05) is 13.8 Å². The number of hydrogen-bond acceptors (Lipinski definition) is 5. The van der Waals surface area contributed by atoms with Crippen molar-refractivity contribution in [2.75, 3.05) is 13.1 Å². The predicted molar refractivity (Wildman–Crippen MR) is 75.4 cm³/mol. The molecule has 1 aromatic heterocycles. The summed E-state index contributed by atoms with van der Waals surface area (Å²) in [6, 6.07) is 0. The zero-order valence-electron chi connectivity index (χ0n) is 11.4. The van der Waals surface area contributed by atoms with Crippen LogP contribution in [0.2, 0.25) is 0 Å². The van der Waals surface area contributed by atoms with E-state index >= 15 is 0 Å². The Hall–Kier alpha value is -0.990. The highest BCUT2D eigenvalue weighted by Crippen LogP contribution is 2.30. The number of piperidine rings is 1. The van der Waals surface area contributed by atoms with E-state index in [0.717, 1.165) is 24.2 Å². The second-order valence-corrected chi connectivity index (χ2v) is 8.27. The molecular formula is C12H18N2O4S2. The van der Waals surface area contributed by atoms with Crippen molar-refractivity contribution in [3.63, 3.8) is 0 Å². The van der Waals surface area contributed by atoms with Crippen molar-refractivity contribution in [1.29, 1.82) is 0 Å². The first kappa shape index (κ1) is 15.4. The molecule has 0 amide bonds. The number of carboxylic acid groups (broad SMARTS) is 1. The Morgan fingerprint density at radius 1 is 1.45 bits per heavy atom. The standard InChI is InChI=1S/C12H18N2O4S2/c1-8(2)9-3-5-14(6-4-9)20(17,18)12-10(11(15)16)13-7-19-12/h7-9H,3-6H2,1-2H3,(H,15,16). The van der Waals surface area contributed by atoms with Crippen LogP contribution in [0, 0.1) is 11.8 Å². The van der Waals surface area contributed by atoms with Gasteiger partial charge in [0.25, 0.3) is 10.0 Å². The zero-order chi connectivity index (χ0) is 14.9. The van der Waals surface area contributed by atoms with E-state index in [9.17, 15) is 13.2 Å². The van der Waals surface area contributed by atoms with Crippen molar-refractivity contribution in [3.05, 3.63) is 11.2 Å². The predicted octanol–water partition coefficient (Wildman–Crippen LogP) is 1.90. The molecule has 6 nitrogen and oxygen atoms in total. The third-order valence-electron chi connectivity index (χ3n) is 3.75. The minimum atomic E-state index is -3.73. The molecule has 1 aromatic rings. The number of aromatic carboxylic acids is 1. The number of hydrogen-bond donors (Lipinski definition) is 1. The molecule has 0 bridgehead atoms. The Morgan fingerprint density at radius 3 is 2.55 bits per heavy atom. The molecule has 0 unspecified atom stereocenters. The number of aromatic nitrogens is 1. The van der Waals surface area contributed by atoms with Crippen LogP contribution >= 0.6 is 11.3 Å². The van der Waals surface area contributed by atoms with Crippen LogP contribution in [0.15, 0.2) is 9.72 Å². The Balaban J connectivity index is 2.20. The summed E-state index contributed by atoms with van der Waals surface area (Å²) in [6.45, 7) is 5.17. The number of carbonyl (C=O) groups is 1. The average molecular weight is 318 g/mol. The summed E-state index contributed by atoms with van der Waals surface area (Å²) in [5.74, 6) is -0.235. The quantitative estimate of drug-likeness (QED) is 0.916. The van der Waals surface area contributed by atoms with Gasteiger partial charge in [-0.05, 0) is 24.7 Å². The van der Waals surface area contributed by atoms with Gasteiger partial charge >= 0.3 is 5.97 Å². The molecule has 1 fully saturated rings. The van der Waals surface area contributed by atoms with Gasteiger partial charge in [0.05, 0.1) is 5.51 Å². The lowest BCUT2D eigenvalue weighted by Gasteiger charge is -2.32. The van der Waals surface area contributed by atoms with E-state index in [1.165, 1.54) is 9.82 Å². The second-order valence-electron chi connectivity index (χ2n) is 5.28. The van der Waals surface area contributed by atoms with Crippen LogP contribution in [0.4, 0.5) is 0 Å². The van der Waals surface area contributed by atoms with Crippen molar-refractivity contribution in [1.82, 2.24) is 9.29 Å². The van der Waals surface area contributed by atoms with E-state index in [1.54, 1.807) is 0 Å². The normalized spacial score (nSPS) is 18.6. The summed E-state index contributed by atoms with van der Waals surface area (Å²) in [5.41, 5.74) is 0.887. The lowest BCUT2D eigenvalue weighted by atomic mass is 9.87. The highest BCUT2D eigenvalue weighted by Gasteiger charge is 2.34. The minimum absolute atomic E-state index is 0.159. The highest BCUT2D eigenvalue weighted by molar-refractivity contribution is 7.91. The van der Waals surface area contributed by atoms with Gasteiger partial charge in [-0.3, -0.25) is 0 Å². The van der Waals surface area contributed by atoms with E-state index in [4.69, 9.17) is 5.11 Å². The van der Waals surface area contributed by atoms with Gasteiger partial charge in [0, 0.05) is 13.1 Å². The third-order valence-corrected chi connectivity index (χ3v) is 7.00. The number of rotatable bonds is 4. The first-order valence-electron chi connectivity index (χ1n) is 6.51. The molecule has 2 rings (SSSR count). The molecule has 0 aliphatic carbocycles. The fraction of sp³-hybridized carbons (Fsp3) is 0.667. The molecule has 1 aliphatic rings. The topological polar surface area (TPSA) is 87.6 Å². The van der Waals surface area contributed by atoms with Crippen LogP contribution in [-0.2, 0) is 10.0 Å². The fourth-order valence-electron chi connectivity index (χ4n) is 2.46. The van der Waals surface area contributed by atoms with Gasteiger partial charge in [0.1, 0.15) is 0 Å². The summed E-state index contributed by atoms with van der Waals surface area (Å²) >= 11 is 0.864. The third kappa shape index (κ3) is 2.87. The van der Waals surface area contributed by atoms with Crippen molar-refractivity contribution in [2.45, 2.75) is 30.9 Å². The molecular weight excluding hydrogens is 300 g/mol. The first-order chi connectivity index (χ1) is 9.34. The van der Waals surface area contributed by atoms with E-state index in [1.807, 2.05) is 0 Å². The smallest absolute Gasteiger partial charge is 0.356 e. The lowest BCUT2D eigenvalue weighted by Crippen LogP contribution is -2.39. The van der Waals surface area contributed by atoms with Crippen LogP contribution in [0.1, 0.15) is 37.2 Å². The zero-order valence-corrected chi connectivity index (χ0v) is 13.1. The van der Waals surface area contributed by atoms with E-state index in [2.05, 4.69) is 18.8 Å². The van der Waals surface area contributed by atoms with Gasteiger partial charge in [0.2, 0.25) is 0 Å². The summed E-state index contributed by atoms with van der Waals surface area (Å²) in [5, 5.41) is 8.99. The van der Waals surface area contributed by atoms with Gasteiger partial charge in [-0.15, -0.1) is 11.3 Å². The van der Waals surface area contributed by atoms with Crippen LogP contribution in [0.25, 0.3) is 0 Å². The van der Waals surface area contributed by atoms with Crippen LogP contribution < -0.4 is 0 Å². The first-order valence-corrected chi connectivity index (χ1v) is 8.83. The Kier molecular flexibility index (Phi) is 4.46. The number of nitrogens with zero attached hydrogens (tertiary/aromatic N) is 2. The van der Waals surface area contributed by atoms with Crippen LogP contribution in [0.3, 0.4) is 0 Å². The lowest BCUT2D eigenvalue weighted by molar-refractivity contribution is 0.0687. The molecule has 0 radical (unpaired) electrons. The molecule has 1 saturated heterocycles. The molecule has 0 saturated carbocycles. The molecule has 8 heteroatoms. The maximum Gasteiger partial charge on any atom is 0.356 e. The van der Waals surface area contributed by atoms with E-state index in [-0.39, 0.29) is 9.90 Å². The van der Waals surface area contributed by atoms with Crippen LogP contribution in [-0.4, -0.2) is 41.9 Å². The number of thiazole rings is 1. The Labute approximate surface area is 122 Å². The molecule has 1 N–H and O–H groups in total. The van der Waals surface area contributed by atoms with Gasteiger partial charge in [-0.2, -0.15) is 4.31 Å². The molecule has 20 heavy (non-hydrogen) atoms. The van der Waals surface area contributed by atoms with Crippen LogP contribution in [0.5, 0.6) is 0 Å². The summed E-state index contributed by atoms with van der Waals surface area (Å²) in [6.07, 6.45) is 1.64. The van der Waals surface area contributed by atoms with E-state index < -0.39 is 16.0 Å². The largest absolute Gasteiger partial charge is 0.476 e. The minimum Gasteiger partial charge on any atom is -0.476 e. The monoisotopic (exact) mass is 318 g/mol. The summed E-state index contributed by atoms with van der Waals surface area (Å²) < 4.78 is 26.2. The molecule has 0 atom stereocenters. The number of carboxylic acids is 1. The molecule has 0 spiro atoms. The maximum absolute atomic E-state index is 12.5. The molecule has 1 aliphatic heterocycles. The Morgan fingerprint density at radius 2 is 2.05 bits per heavy atom. The van der Waals surface area contributed by atoms with Crippen molar-refractivity contribution >= 4 is 27.3 Å². The van der Waals surface area contributed by atoms with Crippen molar-refractivity contribution < 1.29 is 18.3 Å². The fourth-order valence-corrected chi connectivity index (χ4v) is 5.21. The van der Waals surface area contributed by atoms with E-state index in [0.29, 0.717) is 24.9 Å². The SMILES string of the molecule is CC(C)C1CCN(S(=O)(=O)c2scnc2C(=O)O)CC1. The van der Waals surface area contributed by atoms with Crippen molar-refractivity contribution in [3.8, 4) is 0 Å². The molecule has 0 aromatic carbocycles. The Bertz CT molecular complexity index is 586. The second kappa shape index (κ2) is 5.79. The summed E-state index contributed by atoms with van der Waals surface area (Å²) in [4.78, 5) is 14.6. The molecule has 2 heterocycles. The number of sulfonamides is 1. The summed E-state index contributed by atoms with van der Waals surface area (Å²) in [7, 11) is -3.73.